The van der Waals surface area contributed by atoms with E-state index in [-0.39, 0.29) is 5.16 Å². The molecule has 46 heavy (non-hydrogen) atoms. The van der Waals surface area contributed by atoms with Crippen molar-refractivity contribution >= 4 is 37.8 Å². The molecule has 0 spiro atoms. The summed E-state index contributed by atoms with van der Waals surface area (Å²) >= 11 is 0. The van der Waals surface area contributed by atoms with E-state index in [1.807, 2.05) is 12.5 Å². The number of aromatic nitrogens is 2. The Morgan fingerprint density at radius 3 is 1.33 bits per heavy atom. The van der Waals surface area contributed by atoms with Crippen molar-refractivity contribution in [1.29, 1.82) is 0 Å². The van der Waals surface area contributed by atoms with Gasteiger partial charge in [-0.15, -0.1) is 0 Å². The molecule has 0 saturated carbocycles. The van der Waals surface area contributed by atoms with E-state index in [0.717, 1.165) is 5.75 Å². The lowest BCUT2D eigenvalue weighted by molar-refractivity contribution is 0.415. The molecular weight excluding hydrogens is 575 g/mol. The first-order chi connectivity index (χ1) is 22.8. The highest BCUT2D eigenvalue weighted by Gasteiger charge is 2.36. The van der Waals surface area contributed by atoms with Crippen molar-refractivity contribution in [3.63, 3.8) is 0 Å². The molecule has 0 N–H and O–H groups in total. The second kappa shape index (κ2) is 15.1. The van der Waals surface area contributed by atoms with Gasteiger partial charge in [0.1, 0.15) is 5.75 Å². The van der Waals surface area contributed by atoms with Gasteiger partial charge in [-0.3, -0.25) is 0 Å². The standard InChI is InChI=1S/C23H22N2OSi.C18H15B/c1-26-21-12-14-22(15-13-21)27-23(25-17-16-24-18-25,19-8-4-2-5-9-19)20-10-6-3-7-11-20;1-4-10-16(11-5-1)19(17-12-6-2-7-13-17)18-14-8-3-9-15-18/h2-18H,27H2,1H3;1-15H. The quantitative estimate of drug-likeness (QED) is 0.206. The molecule has 0 saturated heterocycles. The summed E-state index contributed by atoms with van der Waals surface area (Å²) in [4.78, 5) is 4.37. The zero-order valence-electron chi connectivity index (χ0n) is 26.1. The Balaban J connectivity index is 0.000000172. The predicted molar refractivity (Wildman–Crippen MR) is 196 cm³/mol. The summed E-state index contributed by atoms with van der Waals surface area (Å²) in [7, 11) is 0.879. The molecule has 1 heterocycles. The predicted octanol–water partition coefficient (Wildman–Crippen LogP) is 5.34. The molecule has 6 aromatic carbocycles. The maximum Gasteiger partial charge on any atom is 0.241 e. The topological polar surface area (TPSA) is 27.1 Å². The van der Waals surface area contributed by atoms with Crippen LogP contribution >= 0.6 is 0 Å². The van der Waals surface area contributed by atoms with Crippen LogP contribution in [-0.2, 0) is 5.16 Å². The van der Waals surface area contributed by atoms with E-state index in [1.165, 1.54) is 32.7 Å². The number of hydrogen-bond acceptors (Lipinski definition) is 2. The summed E-state index contributed by atoms with van der Waals surface area (Å²) in [6.45, 7) is 0.309. The van der Waals surface area contributed by atoms with Crippen molar-refractivity contribution in [2.24, 2.45) is 0 Å². The van der Waals surface area contributed by atoms with Gasteiger partial charge >= 0.3 is 0 Å². The van der Waals surface area contributed by atoms with Crippen LogP contribution in [-0.4, -0.2) is 32.9 Å². The molecule has 0 amide bonds. The monoisotopic (exact) mass is 612 g/mol. The molecule has 5 heteroatoms. The number of hydrogen-bond donors (Lipinski definition) is 0. The van der Waals surface area contributed by atoms with E-state index in [0.29, 0.717) is 6.71 Å². The van der Waals surface area contributed by atoms with Crippen LogP contribution in [0.2, 0.25) is 0 Å². The molecule has 224 valence electrons. The number of benzene rings is 6. The molecule has 0 aliphatic rings. The molecule has 0 bridgehead atoms. The van der Waals surface area contributed by atoms with E-state index in [1.54, 1.807) is 7.11 Å². The molecular formula is C41H37BN2OSi. The minimum atomic E-state index is -0.826. The SMILES string of the molecule is COc1ccc([SiH2]C(c2ccccc2)(c2ccccc2)n2ccnc2)cc1.c1ccc(B(c2ccccc2)c2ccccc2)cc1. The summed E-state index contributed by atoms with van der Waals surface area (Å²) in [6.07, 6.45) is 5.89. The Morgan fingerprint density at radius 1 is 0.543 bits per heavy atom. The van der Waals surface area contributed by atoms with Crippen LogP contribution in [0.4, 0.5) is 0 Å². The highest BCUT2D eigenvalue weighted by Crippen LogP contribution is 2.33. The third-order valence-corrected chi connectivity index (χ3v) is 11.0. The lowest BCUT2D eigenvalue weighted by Crippen LogP contribution is -2.51. The maximum atomic E-state index is 5.34. The first-order valence-corrected chi connectivity index (χ1v) is 17.1. The van der Waals surface area contributed by atoms with Gasteiger partial charge in [0, 0.05) is 12.4 Å². The zero-order valence-corrected chi connectivity index (χ0v) is 27.5. The molecule has 0 radical (unpaired) electrons. The first-order valence-electron chi connectivity index (χ1n) is 15.7. The molecule has 0 fully saturated rings. The second-order valence-corrected chi connectivity index (χ2v) is 13.4. The minimum Gasteiger partial charge on any atom is -0.497 e. The zero-order chi connectivity index (χ0) is 31.4. The smallest absolute Gasteiger partial charge is 0.241 e. The summed E-state index contributed by atoms with van der Waals surface area (Å²) < 4.78 is 7.61. The van der Waals surface area contributed by atoms with Gasteiger partial charge in [0.15, 0.2) is 0 Å². The average Bonchev–Trinajstić information content (AvgIpc) is 3.69. The van der Waals surface area contributed by atoms with Crippen LogP contribution in [0.1, 0.15) is 11.1 Å². The lowest BCUT2D eigenvalue weighted by Gasteiger charge is -2.37. The molecule has 7 aromatic rings. The maximum absolute atomic E-state index is 5.34. The average molecular weight is 613 g/mol. The van der Waals surface area contributed by atoms with Crippen molar-refractivity contribution in [2.75, 3.05) is 7.11 Å². The third kappa shape index (κ3) is 6.96. The van der Waals surface area contributed by atoms with Crippen LogP contribution < -0.4 is 26.3 Å². The van der Waals surface area contributed by atoms with Gasteiger partial charge in [0.05, 0.1) is 28.1 Å². The van der Waals surface area contributed by atoms with Crippen molar-refractivity contribution in [3.8, 4) is 5.75 Å². The minimum absolute atomic E-state index is 0.242. The first kappa shape index (κ1) is 30.6. The second-order valence-electron chi connectivity index (χ2n) is 11.3. The molecule has 0 unspecified atom stereocenters. The summed E-state index contributed by atoms with van der Waals surface area (Å²) in [5, 5.41) is 1.13. The Labute approximate surface area is 275 Å². The van der Waals surface area contributed by atoms with Crippen molar-refractivity contribution in [3.05, 3.63) is 206 Å². The summed E-state index contributed by atoms with van der Waals surface area (Å²) in [5.74, 6) is 0.889. The van der Waals surface area contributed by atoms with Gasteiger partial charge in [-0.2, -0.15) is 0 Å². The van der Waals surface area contributed by atoms with E-state index in [2.05, 4.69) is 192 Å². The van der Waals surface area contributed by atoms with Crippen LogP contribution in [0.15, 0.2) is 195 Å². The van der Waals surface area contributed by atoms with Gasteiger partial charge < -0.3 is 9.30 Å². The Morgan fingerprint density at radius 2 is 0.957 bits per heavy atom. The third-order valence-electron chi connectivity index (χ3n) is 8.47. The number of rotatable bonds is 9. The Kier molecular flexibility index (Phi) is 10.0. The van der Waals surface area contributed by atoms with Gasteiger partial charge in [0.25, 0.3) is 0 Å². The van der Waals surface area contributed by atoms with E-state index < -0.39 is 9.52 Å². The van der Waals surface area contributed by atoms with Gasteiger partial charge in [-0.1, -0.05) is 185 Å². The van der Waals surface area contributed by atoms with Crippen LogP contribution in [0.3, 0.4) is 0 Å². The van der Waals surface area contributed by atoms with Crippen molar-refractivity contribution in [1.82, 2.24) is 9.55 Å². The largest absolute Gasteiger partial charge is 0.497 e. The van der Waals surface area contributed by atoms with Gasteiger partial charge in [-0.25, -0.2) is 4.98 Å². The number of ether oxygens (including phenoxy) is 1. The highest BCUT2D eigenvalue weighted by molar-refractivity contribution is 6.95. The fourth-order valence-electron chi connectivity index (χ4n) is 6.23. The molecule has 3 nitrogen and oxygen atoms in total. The molecule has 0 aliphatic heterocycles. The van der Waals surface area contributed by atoms with E-state index >= 15 is 0 Å². The summed E-state index contributed by atoms with van der Waals surface area (Å²) in [6, 6.07) is 62.0. The molecule has 0 aliphatic carbocycles. The Bertz CT molecular complexity index is 1740. The van der Waals surface area contributed by atoms with Crippen LogP contribution in [0.25, 0.3) is 0 Å². The van der Waals surface area contributed by atoms with E-state index in [9.17, 15) is 0 Å². The van der Waals surface area contributed by atoms with Crippen LogP contribution in [0, 0.1) is 0 Å². The number of nitrogens with zero attached hydrogens (tertiary/aromatic N) is 2. The number of imidazole rings is 1. The van der Waals surface area contributed by atoms with Crippen molar-refractivity contribution in [2.45, 2.75) is 5.16 Å². The lowest BCUT2D eigenvalue weighted by atomic mass is 9.37. The van der Waals surface area contributed by atoms with E-state index in [4.69, 9.17) is 4.74 Å². The molecule has 0 atom stereocenters. The Hall–Kier alpha value is -5.39. The summed E-state index contributed by atoms with van der Waals surface area (Å²) in [5.41, 5.74) is 6.58. The fraction of sp³-hybridized carbons (Fsp3) is 0.0488. The molecule has 1 aromatic heterocycles. The normalized spacial score (nSPS) is 11.1. The fourth-order valence-corrected chi connectivity index (χ4v) is 8.54. The molecule has 7 rings (SSSR count). The van der Waals surface area contributed by atoms with Gasteiger partial charge in [0.2, 0.25) is 6.71 Å². The number of methoxy groups -OCH3 is 1. The van der Waals surface area contributed by atoms with Crippen molar-refractivity contribution < 1.29 is 4.74 Å². The van der Waals surface area contributed by atoms with Crippen LogP contribution in [0.5, 0.6) is 5.75 Å². The van der Waals surface area contributed by atoms with Gasteiger partial charge in [-0.05, 0) is 23.3 Å². The highest BCUT2D eigenvalue weighted by atomic mass is 28.2.